The predicted molar refractivity (Wildman–Crippen MR) is 69.6 cm³/mol. The molecule has 0 aliphatic heterocycles. The lowest BCUT2D eigenvalue weighted by molar-refractivity contribution is -0.127. The van der Waals surface area contributed by atoms with Gasteiger partial charge in [0.05, 0.1) is 11.7 Å². The summed E-state index contributed by atoms with van der Waals surface area (Å²) in [4.78, 5) is 0. The molecule has 0 spiro atoms. The van der Waals surface area contributed by atoms with Crippen LogP contribution in [0.25, 0.3) is 0 Å². The summed E-state index contributed by atoms with van der Waals surface area (Å²) < 4.78 is 0. The van der Waals surface area contributed by atoms with Gasteiger partial charge in [-0.25, -0.2) is 0 Å². The van der Waals surface area contributed by atoms with E-state index in [1.54, 1.807) is 0 Å². The second-order valence-electron chi connectivity index (χ2n) is 6.73. The van der Waals surface area contributed by atoms with Crippen molar-refractivity contribution in [2.45, 2.75) is 64.6 Å². The van der Waals surface area contributed by atoms with Gasteiger partial charge in [0.25, 0.3) is 0 Å². The van der Waals surface area contributed by atoms with Gasteiger partial charge in [0.15, 0.2) is 0 Å². The van der Waals surface area contributed by atoms with Crippen molar-refractivity contribution in [3.8, 4) is 0 Å². The number of rotatable bonds is 1. The van der Waals surface area contributed by atoms with E-state index < -0.39 is 5.60 Å². The number of allylic oxidation sites excluding steroid dienone is 1. The van der Waals surface area contributed by atoms with E-state index >= 15 is 0 Å². The molecule has 0 amide bonds. The lowest BCUT2D eigenvalue weighted by atomic mass is 9.53. The first-order chi connectivity index (χ1) is 7.79. The second-order valence-corrected chi connectivity index (χ2v) is 6.73. The van der Waals surface area contributed by atoms with Gasteiger partial charge in [-0.3, -0.25) is 0 Å². The Morgan fingerprint density at radius 3 is 2.59 bits per heavy atom. The Morgan fingerprint density at radius 2 is 2.00 bits per heavy atom. The molecule has 2 aliphatic rings. The van der Waals surface area contributed by atoms with Crippen LogP contribution in [0.4, 0.5) is 0 Å². The van der Waals surface area contributed by atoms with E-state index in [4.69, 9.17) is 0 Å². The summed E-state index contributed by atoms with van der Waals surface area (Å²) in [6, 6.07) is 0. The molecule has 2 rings (SSSR count). The van der Waals surface area contributed by atoms with Crippen molar-refractivity contribution in [1.82, 2.24) is 0 Å². The van der Waals surface area contributed by atoms with Gasteiger partial charge in [0, 0.05) is 5.41 Å². The number of hydrogen-bond donors (Lipinski definition) is 2. The third kappa shape index (κ3) is 1.96. The first-order valence-electron chi connectivity index (χ1n) is 6.88. The average Bonchev–Trinajstić information content (AvgIpc) is 2.27. The first-order valence-corrected chi connectivity index (χ1v) is 6.88. The van der Waals surface area contributed by atoms with E-state index in [1.807, 2.05) is 0 Å². The first kappa shape index (κ1) is 13.1. The maximum Gasteiger partial charge on any atom is 0.0676 e. The molecule has 0 unspecified atom stereocenters. The topological polar surface area (TPSA) is 40.5 Å². The van der Waals surface area contributed by atoms with Crippen LogP contribution < -0.4 is 0 Å². The van der Waals surface area contributed by atoms with Crippen LogP contribution in [0.3, 0.4) is 0 Å². The Labute approximate surface area is 105 Å². The SMILES string of the molecule is C=C1CC[C@@H](O)[C@]2(C)CC[C@](O)(C(C)C)C[C@@H]12. The molecule has 2 nitrogen and oxygen atoms in total. The van der Waals surface area contributed by atoms with Crippen LogP contribution in [0, 0.1) is 17.3 Å². The zero-order valence-electron chi connectivity index (χ0n) is 11.4. The van der Waals surface area contributed by atoms with E-state index in [0.29, 0.717) is 0 Å². The van der Waals surface area contributed by atoms with Gasteiger partial charge in [-0.2, -0.15) is 0 Å². The van der Waals surface area contributed by atoms with Crippen molar-refractivity contribution in [2.24, 2.45) is 17.3 Å². The molecular weight excluding hydrogens is 212 g/mol. The lowest BCUT2D eigenvalue weighted by Crippen LogP contribution is -2.53. The van der Waals surface area contributed by atoms with Gasteiger partial charge >= 0.3 is 0 Å². The summed E-state index contributed by atoms with van der Waals surface area (Å²) >= 11 is 0. The highest BCUT2D eigenvalue weighted by atomic mass is 16.3. The van der Waals surface area contributed by atoms with Crippen molar-refractivity contribution in [3.05, 3.63) is 12.2 Å². The predicted octanol–water partition coefficient (Wildman–Crippen LogP) is 2.89. The monoisotopic (exact) mass is 238 g/mol. The standard InChI is InChI=1S/C15H26O2/c1-10(2)15(17)8-7-14(4)12(9-15)11(3)5-6-13(14)16/h10,12-13,16-17H,3,5-9H2,1-2,4H3/t12-,13+,14+,15+/m0/s1. The Bertz CT molecular complexity index is 323. The summed E-state index contributed by atoms with van der Waals surface area (Å²) in [6.07, 6.45) is 4.02. The van der Waals surface area contributed by atoms with Gasteiger partial charge in [0.1, 0.15) is 0 Å². The number of fused-ring (bicyclic) bond motifs is 1. The molecule has 17 heavy (non-hydrogen) atoms. The molecule has 2 heteroatoms. The van der Waals surface area contributed by atoms with E-state index in [9.17, 15) is 10.2 Å². The van der Waals surface area contributed by atoms with Crippen molar-refractivity contribution in [1.29, 1.82) is 0 Å². The molecule has 4 atom stereocenters. The summed E-state index contributed by atoms with van der Waals surface area (Å²) in [5.41, 5.74) is 0.609. The van der Waals surface area contributed by atoms with E-state index in [-0.39, 0.29) is 23.4 Å². The highest BCUT2D eigenvalue weighted by Crippen LogP contribution is 2.55. The fraction of sp³-hybridized carbons (Fsp3) is 0.867. The van der Waals surface area contributed by atoms with Crippen LogP contribution in [0.5, 0.6) is 0 Å². The van der Waals surface area contributed by atoms with Crippen LogP contribution in [-0.4, -0.2) is 21.9 Å². The van der Waals surface area contributed by atoms with Crippen molar-refractivity contribution in [2.75, 3.05) is 0 Å². The normalized spacial score (nSPS) is 47.1. The lowest BCUT2D eigenvalue weighted by Gasteiger charge is -2.54. The highest BCUT2D eigenvalue weighted by Gasteiger charge is 2.52. The minimum absolute atomic E-state index is 0.0591. The molecule has 0 bridgehead atoms. The van der Waals surface area contributed by atoms with Crippen LogP contribution in [-0.2, 0) is 0 Å². The van der Waals surface area contributed by atoms with Gasteiger partial charge in [-0.05, 0) is 43.9 Å². The fourth-order valence-electron chi connectivity index (χ4n) is 3.71. The van der Waals surface area contributed by atoms with Crippen LogP contribution in [0.15, 0.2) is 12.2 Å². The van der Waals surface area contributed by atoms with Gasteiger partial charge in [-0.15, -0.1) is 0 Å². The van der Waals surface area contributed by atoms with Crippen molar-refractivity contribution in [3.63, 3.8) is 0 Å². The van der Waals surface area contributed by atoms with Gasteiger partial charge in [-0.1, -0.05) is 32.9 Å². The van der Waals surface area contributed by atoms with Crippen LogP contribution in [0.2, 0.25) is 0 Å². The Morgan fingerprint density at radius 1 is 1.35 bits per heavy atom. The number of aliphatic hydroxyl groups excluding tert-OH is 1. The minimum atomic E-state index is -0.565. The zero-order chi connectivity index (χ0) is 12.8. The fourth-order valence-corrected chi connectivity index (χ4v) is 3.71. The zero-order valence-corrected chi connectivity index (χ0v) is 11.4. The minimum Gasteiger partial charge on any atom is -0.393 e. The van der Waals surface area contributed by atoms with E-state index in [0.717, 1.165) is 32.1 Å². The van der Waals surface area contributed by atoms with E-state index in [2.05, 4.69) is 27.4 Å². The molecule has 98 valence electrons. The largest absolute Gasteiger partial charge is 0.393 e. The molecule has 2 N–H and O–H groups in total. The second kappa shape index (κ2) is 4.10. The maximum absolute atomic E-state index is 10.7. The summed E-state index contributed by atoms with van der Waals surface area (Å²) in [7, 11) is 0. The third-order valence-corrected chi connectivity index (χ3v) is 5.52. The van der Waals surface area contributed by atoms with Crippen molar-refractivity contribution >= 4 is 0 Å². The summed E-state index contributed by atoms with van der Waals surface area (Å²) in [5.74, 6) is 0.561. The van der Waals surface area contributed by atoms with Crippen LogP contribution >= 0.6 is 0 Å². The van der Waals surface area contributed by atoms with Gasteiger partial charge < -0.3 is 10.2 Å². The molecule has 0 saturated heterocycles. The number of hydrogen-bond acceptors (Lipinski definition) is 2. The van der Waals surface area contributed by atoms with Crippen LogP contribution in [0.1, 0.15) is 52.9 Å². The molecule has 2 saturated carbocycles. The molecule has 0 heterocycles. The molecule has 0 aromatic heterocycles. The average molecular weight is 238 g/mol. The molecular formula is C15H26O2. The molecule has 0 aromatic carbocycles. The third-order valence-electron chi connectivity index (χ3n) is 5.52. The highest BCUT2D eigenvalue weighted by molar-refractivity contribution is 5.17. The molecule has 2 fully saturated rings. The maximum atomic E-state index is 10.7. The quantitative estimate of drug-likeness (QED) is 0.690. The molecule has 2 aliphatic carbocycles. The Balaban J connectivity index is 2.26. The number of aliphatic hydroxyl groups is 2. The van der Waals surface area contributed by atoms with E-state index in [1.165, 1.54) is 5.57 Å². The van der Waals surface area contributed by atoms with Crippen molar-refractivity contribution < 1.29 is 10.2 Å². The summed E-state index contributed by atoms with van der Waals surface area (Å²) in [6.45, 7) is 10.5. The molecule has 0 aromatic rings. The smallest absolute Gasteiger partial charge is 0.0676 e. The Hall–Kier alpha value is -0.340. The van der Waals surface area contributed by atoms with Gasteiger partial charge in [0.2, 0.25) is 0 Å². The summed E-state index contributed by atoms with van der Waals surface area (Å²) in [5, 5.41) is 21.0. The Kier molecular flexibility index (Phi) is 3.16. The molecule has 0 radical (unpaired) electrons.